The average Bonchev–Trinajstić information content (AvgIpc) is 2.45. The van der Waals surface area contributed by atoms with Crippen molar-refractivity contribution in [2.75, 3.05) is 0 Å². The summed E-state index contributed by atoms with van der Waals surface area (Å²) in [6.45, 7) is 1.76. The predicted octanol–water partition coefficient (Wildman–Crippen LogP) is 2.52. The molecule has 2 aromatic rings. The van der Waals surface area contributed by atoms with Gasteiger partial charge in [0.15, 0.2) is 0 Å². The van der Waals surface area contributed by atoms with Crippen molar-refractivity contribution in [3.8, 4) is 6.07 Å². The van der Waals surface area contributed by atoms with Crippen LogP contribution >= 0.6 is 0 Å². The normalized spacial score (nSPS) is 11.4. The zero-order valence-electron chi connectivity index (χ0n) is 10.8. The standard InChI is InChI=1S/C15H12FN3O/c1-10-5-4-8-13(18-10)15(20)19-14(9-17)11-6-2-3-7-12(11)16/h2-8,14H,1H3,(H,19,20). The highest BCUT2D eigenvalue weighted by Crippen LogP contribution is 2.16. The van der Waals surface area contributed by atoms with Gasteiger partial charge in [-0.25, -0.2) is 9.37 Å². The van der Waals surface area contributed by atoms with Gasteiger partial charge in [0, 0.05) is 11.3 Å². The molecule has 0 fully saturated rings. The van der Waals surface area contributed by atoms with Crippen molar-refractivity contribution in [1.29, 1.82) is 5.26 Å². The third kappa shape index (κ3) is 2.98. The molecule has 5 heteroatoms. The van der Waals surface area contributed by atoms with E-state index in [1.54, 1.807) is 25.1 Å². The monoisotopic (exact) mass is 269 g/mol. The molecule has 1 heterocycles. The maximum Gasteiger partial charge on any atom is 0.271 e. The molecule has 100 valence electrons. The summed E-state index contributed by atoms with van der Waals surface area (Å²) in [5.41, 5.74) is 1.02. The lowest BCUT2D eigenvalue weighted by molar-refractivity contribution is 0.0939. The Balaban J connectivity index is 2.22. The minimum atomic E-state index is -1.05. The Morgan fingerprint density at radius 1 is 1.30 bits per heavy atom. The molecule has 0 aliphatic heterocycles. The molecule has 1 amide bonds. The van der Waals surface area contributed by atoms with Crippen molar-refractivity contribution >= 4 is 5.91 Å². The van der Waals surface area contributed by atoms with Gasteiger partial charge in [-0.3, -0.25) is 4.79 Å². The van der Waals surface area contributed by atoms with E-state index >= 15 is 0 Å². The van der Waals surface area contributed by atoms with Crippen LogP contribution in [0.15, 0.2) is 42.5 Å². The lowest BCUT2D eigenvalue weighted by atomic mass is 10.1. The second kappa shape index (κ2) is 5.93. The molecule has 0 radical (unpaired) electrons. The van der Waals surface area contributed by atoms with Crippen molar-refractivity contribution in [3.63, 3.8) is 0 Å². The summed E-state index contributed by atoms with van der Waals surface area (Å²) in [5.74, 6) is -1.04. The van der Waals surface area contributed by atoms with E-state index in [-0.39, 0.29) is 11.3 Å². The largest absolute Gasteiger partial charge is 0.331 e. The van der Waals surface area contributed by atoms with Gasteiger partial charge in [0.2, 0.25) is 0 Å². The quantitative estimate of drug-likeness (QED) is 0.931. The highest BCUT2D eigenvalue weighted by atomic mass is 19.1. The summed E-state index contributed by atoms with van der Waals surface area (Å²) in [5, 5.41) is 11.6. The summed E-state index contributed by atoms with van der Waals surface area (Å²) >= 11 is 0. The first kappa shape index (κ1) is 13.7. The van der Waals surface area contributed by atoms with Crippen LogP contribution in [0.5, 0.6) is 0 Å². The minimum Gasteiger partial charge on any atom is -0.331 e. The first-order valence-corrected chi connectivity index (χ1v) is 6.00. The Kier molecular flexibility index (Phi) is 4.06. The molecule has 0 aliphatic rings. The molecule has 0 spiro atoms. The molecule has 1 aromatic heterocycles. The van der Waals surface area contributed by atoms with Gasteiger partial charge in [-0.05, 0) is 25.1 Å². The molecular weight excluding hydrogens is 257 g/mol. The minimum absolute atomic E-state index is 0.135. The lowest BCUT2D eigenvalue weighted by Crippen LogP contribution is -2.29. The highest BCUT2D eigenvalue weighted by molar-refractivity contribution is 5.92. The van der Waals surface area contributed by atoms with E-state index in [1.165, 1.54) is 24.3 Å². The summed E-state index contributed by atoms with van der Waals surface area (Å²) in [6, 6.07) is 11.7. The second-order valence-corrected chi connectivity index (χ2v) is 4.22. The molecule has 0 saturated heterocycles. The molecule has 4 nitrogen and oxygen atoms in total. The van der Waals surface area contributed by atoms with E-state index in [9.17, 15) is 9.18 Å². The number of amides is 1. The van der Waals surface area contributed by atoms with Crippen LogP contribution in [0.4, 0.5) is 4.39 Å². The fourth-order valence-corrected chi connectivity index (χ4v) is 1.76. The summed E-state index contributed by atoms with van der Waals surface area (Å²) in [4.78, 5) is 16.1. The van der Waals surface area contributed by atoms with Crippen LogP contribution in [0.2, 0.25) is 0 Å². The zero-order valence-corrected chi connectivity index (χ0v) is 10.8. The Bertz CT molecular complexity index is 679. The number of aryl methyl sites for hydroxylation is 1. The van der Waals surface area contributed by atoms with Gasteiger partial charge in [0.25, 0.3) is 5.91 Å². The number of benzene rings is 1. The van der Waals surface area contributed by atoms with Gasteiger partial charge in [-0.15, -0.1) is 0 Å². The maximum absolute atomic E-state index is 13.6. The molecule has 1 N–H and O–H groups in total. The number of aromatic nitrogens is 1. The third-order valence-electron chi connectivity index (χ3n) is 2.74. The Labute approximate surface area is 115 Å². The summed E-state index contributed by atoms with van der Waals surface area (Å²) < 4.78 is 13.6. The first-order valence-electron chi connectivity index (χ1n) is 6.00. The Hall–Kier alpha value is -2.74. The number of halogens is 1. The van der Waals surface area contributed by atoms with Crippen molar-refractivity contribution < 1.29 is 9.18 Å². The van der Waals surface area contributed by atoms with E-state index in [0.29, 0.717) is 5.69 Å². The van der Waals surface area contributed by atoms with Crippen molar-refractivity contribution in [1.82, 2.24) is 10.3 Å². The lowest BCUT2D eigenvalue weighted by Gasteiger charge is -2.12. The van der Waals surface area contributed by atoms with E-state index in [1.807, 2.05) is 6.07 Å². The van der Waals surface area contributed by atoms with Crippen LogP contribution in [0, 0.1) is 24.1 Å². The second-order valence-electron chi connectivity index (χ2n) is 4.22. The number of rotatable bonds is 3. The molecule has 2 rings (SSSR count). The number of nitriles is 1. The number of hydrogen-bond donors (Lipinski definition) is 1. The van der Waals surface area contributed by atoms with Crippen molar-refractivity contribution in [2.24, 2.45) is 0 Å². The third-order valence-corrected chi connectivity index (χ3v) is 2.74. The van der Waals surface area contributed by atoms with E-state index in [2.05, 4.69) is 10.3 Å². The summed E-state index contributed by atoms with van der Waals surface area (Å²) in [7, 11) is 0. The van der Waals surface area contributed by atoms with Gasteiger partial charge in [-0.2, -0.15) is 5.26 Å². The number of carbonyl (C=O) groups is 1. The van der Waals surface area contributed by atoms with Gasteiger partial charge >= 0.3 is 0 Å². The average molecular weight is 269 g/mol. The number of hydrogen-bond acceptors (Lipinski definition) is 3. The van der Waals surface area contributed by atoms with E-state index < -0.39 is 17.8 Å². The number of carbonyl (C=O) groups excluding carboxylic acids is 1. The van der Waals surface area contributed by atoms with Gasteiger partial charge < -0.3 is 5.32 Å². The molecule has 0 bridgehead atoms. The fraction of sp³-hybridized carbons (Fsp3) is 0.133. The smallest absolute Gasteiger partial charge is 0.271 e. The highest BCUT2D eigenvalue weighted by Gasteiger charge is 2.18. The maximum atomic E-state index is 13.6. The van der Waals surface area contributed by atoms with Crippen LogP contribution in [0.1, 0.15) is 27.8 Å². The molecule has 0 saturated carbocycles. The van der Waals surface area contributed by atoms with Gasteiger partial charge in [0.1, 0.15) is 17.6 Å². The van der Waals surface area contributed by atoms with E-state index in [4.69, 9.17) is 5.26 Å². The number of pyridine rings is 1. The number of nitrogens with one attached hydrogen (secondary N) is 1. The van der Waals surface area contributed by atoms with Crippen LogP contribution in [-0.4, -0.2) is 10.9 Å². The van der Waals surface area contributed by atoms with Crippen molar-refractivity contribution in [3.05, 3.63) is 65.2 Å². The van der Waals surface area contributed by atoms with Crippen LogP contribution in [0.3, 0.4) is 0 Å². The summed E-state index contributed by atoms with van der Waals surface area (Å²) in [6.07, 6.45) is 0. The Morgan fingerprint density at radius 3 is 2.70 bits per heavy atom. The SMILES string of the molecule is Cc1cccc(C(=O)NC(C#N)c2ccccc2F)n1. The van der Waals surface area contributed by atoms with Crippen LogP contribution < -0.4 is 5.32 Å². The fourth-order valence-electron chi connectivity index (χ4n) is 1.76. The van der Waals surface area contributed by atoms with Crippen molar-refractivity contribution in [2.45, 2.75) is 13.0 Å². The molecule has 1 unspecified atom stereocenters. The molecule has 1 aromatic carbocycles. The Morgan fingerprint density at radius 2 is 2.05 bits per heavy atom. The number of nitrogens with zero attached hydrogens (tertiary/aromatic N) is 2. The molecule has 0 aliphatic carbocycles. The molecule has 20 heavy (non-hydrogen) atoms. The predicted molar refractivity (Wildman–Crippen MR) is 71.2 cm³/mol. The van der Waals surface area contributed by atoms with Crippen LogP contribution in [0.25, 0.3) is 0 Å². The molecule has 1 atom stereocenters. The topological polar surface area (TPSA) is 65.8 Å². The van der Waals surface area contributed by atoms with Crippen LogP contribution in [-0.2, 0) is 0 Å². The molecular formula is C15H12FN3O. The van der Waals surface area contributed by atoms with Gasteiger partial charge in [0.05, 0.1) is 6.07 Å². The van der Waals surface area contributed by atoms with Gasteiger partial charge in [-0.1, -0.05) is 24.3 Å². The first-order chi connectivity index (χ1) is 9.61. The zero-order chi connectivity index (χ0) is 14.5. The van der Waals surface area contributed by atoms with E-state index in [0.717, 1.165) is 0 Å².